The lowest BCUT2D eigenvalue weighted by Gasteiger charge is -2.11. The number of likely N-dealkylation sites (tertiary alicyclic amines) is 1. The molecule has 1 saturated heterocycles. The minimum atomic E-state index is -0.198. The molecule has 0 radical (unpaired) electrons. The van der Waals surface area contributed by atoms with Gasteiger partial charge in [-0.25, -0.2) is 0 Å². The summed E-state index contributed by atoms with van der Waals surface area (Å²) < 4.78 is 6.40. The predicted molar refractivity (Wildman–Crippen MR) is 75.5 cm³/mol. The average molecular weight is 323 g/mol. The first-order valence-electron chi connectivity index (χ1n) is 6.32. The van der Waals surface area contributed by atoms with Gasteiger partial charge in [-0.2, -0.15) is 0 Å². The second kappa shape index (κ2) is 5.45. The fourth-order valence-electron chi connectivity index (χ4n) is 2.35. The fraction of sp³-hybridized carbons (Fsp3) is 0.357. The highest BCUT2D eigenvalue weighted by atomic mass is 79.9. The second-order valence-electron chi connectivity index (χ2n) is 4.87. The van der Waals surface area contributed by atoms with Crippen molar-refractivity contribution in [3.63, 3.8) is 0 Å². The number of benzene rings is 1. The summed E-state index contributed by atoms with van der Waals surface area (Å²) in [7, 11) is 0. The van der Waals surface area contributed by atoms with Gasteiger partial charge in [-0.1, -0.05) is 33.2 Å². The fourth-order valence-corrected chi connectivity index (χ4v) is 2.75. The van der Waals surface area contributed by atoms with Crippen LogP contribution in [0, 0.1) is 0 Å². The summed E-state index contributed by atoms with van der Waals surface area (Å²) in [5.74, 6) is 0.774. The smallest absolute Gasteiger partial charge is 0.167 e. The van der Waals surface area contributed by atoms with Gasteiger partial charge < -0.3 is 9.63 Å². The van der Waals surface area contributed by atoms with E-state index in [1.165, 1.54) is 0 Å². The third-order valence-corrected chi connectivity index (χ3v) is 3.79. The maximum Gasteiger partial charge on any atom is 0.167 e. The van der Waals surface area contributed by atoms with E-state index in [2.05, 4.69) is 26.0 Å². The number of halogens is 1. The third-order valence-electron chi connectivity index (χ3n) is 3.30. The van der Waals surface area contributed by atoms with E-state index >= 15 is 0 Å². The summed E-state index contributed by atoms with van der Waals surface area (Å²) in [5, 5.41) is 13.6. The molecule has 1 aliphatic heterocycles. The number of nitrogens with zero attached hydrogens (tertiary/aromatic N) is 2. The number of aliphatic hydroxyl groups excluding tert-OH is 1. The number of hydrogen-bond acceptors (Lipinski definition) is 4. The van der Waals surface area contributed by atoms with Gasteiger partial charge in [0.2, 0.25) is 0 Å². The van der Waals surface area contributed by atoms with Crippen molar-refractivity contribution in [3.8, 4) is 11.3 Å². The van der Waals surface area contributed by atoms with Gasteiger partial charge in [-0.05, 0) is 18.6 Å². The zero-order valence-electron chi connectivity index (χ0n) is 10.4. The maximum atomic E-state index is 9.50. The van der Waals surface area contributed by atoms with Gasteiger partial charge in [-0.15, -0.1) is 0 Å². The van der Waals surface area contributed by atoms with Gasteiger partial charge in [0.1, 0.15) is 0 Å². The van der Waals surface area contributed by atoms with Crippen LogP contribution in [0.15, 0.2) is 39.3 Å². The van der Waals surface area contributed by atoms with Crippen LogP contribution in [0.25, 0.3) is 11.3 Å². The van der Waals surface area contributed by atoms with Crippen molar-refractivity contribution in [3.05, 3.63) is 40.5 Å². The predicted octanol–water partition coefficient (Wildman–Crippen LogP) is 2.67. The SMILES string of the molecule is O[C@@H]1CCN(Cc2cc(-c3cccc(Br)c3)on2)C1. The minimum absolute atomic E-state index is 0.198. The van der Waals surface area contributed by atoms with E-state index in [4.69, 9.17) is 4.52 Å². The number of aromatic nitrogens is 1. The summed E-state index contributed by atoms with van der Waals surface area (Å²) in [6.45, 7) is 2.37. The van der Waals surface area contributed by atoms with Crippen molar-refractivity contribution >= 4 is 15.9 Å². The van der Waals surface area contributed by atoms with Crippen LogP contribution < -0.4 is 0 Å². The Morgan fingerprint density at radius 1 is 1.42 bits per heavy atom. The molecule has 4 nitrogen and oxygen atoms in total. The molecule has 1 N–H and O–H groups in total. The molecular formula is C14H15BrN2O2. The van der Waals surface area contributed by atoms with Crippen LogP contribution in [0.2, 0.25) is 0 Å². The standard InChI is InChI=1S/C14H15BrN2O2/c15-11-3-1-2-10(6-11)14-7-12(16-19-14)8-17-5-4-13(18)9-17/h1-3,6-7,13,18H,4-5,8-9H2/t13-/m1/s1. The topological polar surface area (TPSA) is 49.5 Å². The van der Waals surface area contributed by atoms with E-state index in [1.54, 1.807) is 0 Å². The molecular weight excluding hydrogens is 308 g/mol. The van der Waals surface area contributed by atoms with E-state index in [9.17, 15) is 5.11 Å². The molecule has 1 atom stereocenters. The lowest BCUT2D eigenvalue weighted by atomic mass is 10.1. The Morgan fingerprint density at radius 2 is 2.32 bits per heavy atom. The number of aliphatic hydroxyl groups is 1. The Morgan fingerprint density at radius 3 is 3.05 bits per heavy atom. The number of rotatable bonds is 3. The van der Waals surface area contributed by atoms with Crippen molar-refractivity contribution in [1.29, 1.82) is 0 Å². The highest BCUT2D eigenvalue weighted by Crippen LogP contribution is 2.24. The summed E-state index contributed by atoms with van der Waals surface area (Å²) >= 11 is 3.45. The Bertz CT molecular complexity index is 570. The normalized spacial score (nSPS) is 20.0. The van der Waals surface area contributed by atoms with E-state index in [0.29, 0.717) is 0 Å². The van der Waals surface area contributed by atoms with Crippen molar-refractivity contribution in [2.45, 2.75) is 19.1 Å². The lowest BCUT2D eigenvalue weighted by Crippen LogP contribution is -2.21. The van der Waals surface area contributed by atoms with E-state index in [1.807, 2.05) is 30.3 Å². The molecule has 1 aliphatic rings. The summed E-state index contributed by atoms with van der Waals surface area (Å²) in [5.41, 5.74) is 1.92. The Kier molecular flexibility index (Phi) is 3.68. The van der Waals surface area contributed by atoms with Crippen LogP contribution in [-0.2, 0) is 6.54 Å². The molecule has 0 saturated carbocycles. The van der Waals surface area contributed by atoms with Gasteiger partial charge in [0.25, 0.3) is 0 Å². The van der Waals surface area contributed by atoms with E-state index in [-0.39, 0.29) is 6.10 Å². The molecule has 2 heterocycles. The largest absolute Gasteiger partial charge is 0.392 e. The Balaban J connectivity index is 1.73. The van der Waals surface area contributed by atoms with Crippen LogP contribution in [0.1, 0.15) is 12.1 Å². The zero-order chi connectivity index (χ0) is 13.2. The molecule has 2 aromatic rings. The highest BCUT2D eigenvalue weighted by Gasteiger charge is 2.21. The molecule has 0 spiro atoms. The molecule has 3 rings (SSSR count). The van der Waals surface area contributed by atoms with E-state index in [0.717, 1.165) is 47.5 Å². The molecule has 19 heavy (non-hydrogen) atoms. The Labute approximate surface area is 120 Å². The van der Waals surface area contributed by atoms with Gasteiger partial charge in [0, 0.05) is 35.7 Å². The van der Waals surface area contributed by atoms with Gasteiger partial charge >= 0.3 is 0 Å². The molecule has 0 amide bonds. The molecule has 0 unspecified atom stereocenters. The molecule has 0 bridgehead atoms. The van der Waals surface area contributed by atoms with Crippen molar-refractivity contribution in [2.75, 3.05) is 13.1 Å². The lowest BCUT2D eigenvalue weighted by molar-refractivity contribution is 0.174. The van der Waals surface area contributed by atoms with Crippen molar-refractivity contribution in [1.82, 2.24) is 10.1 Å². The molecule has 1 fully saturated rings. The van der Waals surface area contributed by atoms with Gasteiger partial charge in [0.05, 0.1) is 11.8 Å². The Hall–Kier alpha value is -1.17. The first kappa shape index (κ1) is 12.8. The first-order valence-corrected chi connectivity index (χ1v) is 7.12. The third kappa shape index (κ3) is 3.05. The first-order chi connectivity index (χ1) is 9.20. The summed E-state index contributed by atoms with van der Waals surface area (Å²) in [6, 6.07) is 9.91. The quantitative estimate of drug-likeness (QED) is 0.943. The number of hydrogen-bond donors (Lipinski definition) is 1. The summed E-state index contributed by atoms with van der Waals surface area (Å²) in [4.78, 5) is 2.19. The molecule has 100 valence electrons. The minimum Gasteiger partial charge on any atom is -0.392 e. The van der Waals surface area contributed by atoms with E-state index < -0.39 is 0 Å². The van der Waals surface area contributed by atoms with Gasteiger partial charge in [-0.3, -0.25) is 4.90 Å². The summed E-state index contributed by atoms with van der Waals surface area (Å²) in [6.07, 6.45) is 0.646. The van der Waals surface area contributed by atoms with Crippen molar-refractivity contribution < 1.29 is 9.63 Å². The maximum absolute atomic E-state index is 9.50. The van der Waals surface area contributed by atoms with Crippen LogP contribution in [-0.4, -0.2) is 34.4 Å². The molecule has 0 aliphatic carbocycles. The second-order valence-corrected chi connectivity index (χ2v) is 5.79. The average Bonchev–Trinajstić information content (AvgIpc) is 2.99. The van der Waals surface area contributed by atoms with Gasteiger partial charge in [0.15, 0.2) is 5.76 Å². The molecule has 5 heteroatoms. The van der Waals surface area contributed by atoms with Crippen LogP contribution in [0.3, 0.4) is 0 Å². The molecule has 1 aromatic heterocycles. The van der Waals surface area contributed by atoms with Crippen molar-refractivity contribution in [2.24, 2.45) is 0 Å². The monoisotopic (exact) mass is 322 g/mol. The van der Waals surface area contributed by atoms with Crippen LogP contribution in [0.5, 0.6) is 0 Å². The molecule has 1 aromatic carbocycles. The van der Waals surface area contributed by atoms with Crippen LogP contribution in [0.4, 0.5) is 0 Å². The highest BCUT2D eigenvalue weighted by molar-refractivity contribution is 9.10. The number of β-amino-alcohol motifs (C(OH)–C–C–N with tert-alkyl or cyclic N) is 1. The zero-order valence-corrected chi connectivity index (χ0v) is 12.0. The van der Waals surface area contributed by atoms with Crippen LogP contribution >= 0.6 is 15.9 Å².